The number of rotatable bonds is 6. The maximum Gasteiger partial charge on any atom is 0.256 e. The Bertz CT molecular complexity index is 394. The number of nitrogens with zero attached hydrogens (tertiary/aromatic N) is 1. The second-order valence-electron chi connectivity index (χ2n) is 4.55. The highest BCUT2D eigenvalue weighted by molar-refractivity contribution is 5.96. The molecule has 1 amide bonds. The van der Waals surface area contributed by atoms with Gasteiger partial charge in [-0.3, -0.25) is 4.79 Å². The van der Waals surface area contributed by atoms with Crippen LogP contribution in [0.25, 0.3) is 0 Å². The van der Waals surface area contributed by atoms with Gasteiger partial charge in [0, 0.05) is 12.7 Å². The average molecular weight is 252 g/mol. The molecule has 0 bridgehead atoms. The Hall–Kier alpha value is -1.62. The number of nitrogens with one attached hydrogen (secondary N) is 1. The zero-order valence-electron chi connectivity index (χ0n) is 11.0. The summed E-state index contributed by atoms with van der Waals surface area (Å²) in [5, 5.41) is 12.4. The molecule has 0 spiro atoms. The number of hydrogen-bond donors (Lipinski definition) is 2. The predicted molar refractivity (Wildman–Crippen MR) is 68.6 cm³/mol. The van der Waals surface area contributed by atoms with Crippen molar-refractivity contribution in [3.05, 3.63) is 23.9 Å². The third kappa shape index (κ3) is 4.33. The third-order valence-corrected chi connectivity index (χ3v) is 2.45. The van der Waals surface area contributed by atoms with Gasteiger partial charge in [0.1, 0.15) is 5.56 Å². The Morgan fingerprint density at radius 1 is 1.56 bits per heavy atom. The second-order valence-corrected chi connectivity index (χ2v) is 4.55. The van der Waals surface area contributed by atoms with Crippen LogP contribution in [0.2, 0.25) is 0 Å². The first-order chi connectivity index (χ1) is 8.54. The Labute approximate surface area is 107 Å². The first-order valence-corrected chi connectivity index (χ1v) is 5.99. The quantitative estimate of drug-likeness (QED) is 0.798. The minimum Gasteiger partial charge on any atom is -0.480 e. The van der Waals surface area contributed by atoms with Gasteiger partial charge in [-0.25, -0.2) is 4.98 Å². The van der Waals surface area contributed by atoms with Crippen molar-refractivity contribution in [2.75, 3.05) is 13.7 Å². The number of aliphatic hydroxyl groups excluding tert-OH is 1. The molecule has 1 unspecified atom stereocenters. The number of ether oxygens (including phenoxy) is 1. The van der Waals surface area contributed by atoms with Crippen LogP contribution < -0.4 is 10.1 Å². The number of hydrogen-bond acceptors (Lipinski definition) is 4. The van der Waals surface area contributed by atoms with E-state index in [9.17, 15) is 9.90 Å². The van der Waals surface area contributed by atoms with Crippen LogP contribution in [-0.4, -0.2) is 35.8 Å². The third-order valence-electron chi connectivity index (χ3n) is 2.45. The van der Waals surface area contributed by atoms with E-state index in [1.165, 1.54) is 7.11 Å². The average Bonchev–Trinajstić information content (AvgIpc) is 2.35. The van der Waals surface area contributed by atoms with E-state index in [-0.39, 0.29) is 18.3 Å². The van der Waals surface area contributed by atoms with Crippen LogP contribution in [-0.2, 0) is 0 Å². The van der Waals surface area contributed by atoms with Gasteiger partial charge in [-0.2, -0.15) is 0 Å². The fourth-order valence-electron chi connectivity index (χ4n) is 1.66. The molecule has 1 heterocycles. The lowest BCUT2D eigenvalue weighted by molar-refractivity contribution is 0.0896. The van der Waals surface area contributed by atoms with Crippen molar-refractivity contribution in [3.63, 3.8) is 0 Å². The van der Waals surface area contributed by atoms with Crippen molar-refractivity contribution in [1.29, 1.82) is 0 Å². The van der Waals surface area contributed by atoms with Crippen molar-refractivity contribution >= 4 is 5.91 Å². The summed E-state index contributed by atoms with van der Waals surface area (Å²) in [7, 11) is 1.47. The second kappa shape index (κ2) is 6.96. The van der Waals surface area contributed by atoms with Gasteiger partial charge in [-0.15, -0.1) is 0 Å². The summed E-state index contributed by atoms with van der Waals surface area (Å²) in [6, 6.07) is 3.30. The Kier molecular flexibility index (Phi) is 5.58. The lowest BCUT2D eigenvalue weighted by atomic mass is 10.1. The summed E-state index contributed by atoms with van der Waals surface area (Å²) in [4.78, 5) is 15.8. The van der Waals surface area contributed by atoms with Gasteiger partial charge in [-0.05, 0) is 24.5 Å². The number of amides is 1. The molecule has 0 aromatic carbocycles. The SMILES string of the molecule is COc1ncccc1C(=O)NCC(O)CC(C)C. The molecule has 0 fully saturated rings. The summed E-state index contributed by atoms with van der Waals surface area (Å²) in [6.07, 6.45) is 1.69. The minimum absolute atomic E-state index is 0.231. The lowest BCUT2D eigenvalue weighted by Crippen LogP contribution is -2.33. The normalized spacial score (nSPS) is 12.3. The fraction of sp³-hybridized carbons (Fsp3) is 0.538. The minimum atomic E-state index is -0.531. The van der Waals surface area contributed by atoms with E-state index in [1.54, 1.807) is 18.3 Å². The largest absolute Gasteiger partial charge is 0.480 e. The molecule has 0 saturated carbocycles. The Morgan fingerprint density at radius 2 is 2.28 bits per heavy atom. The van der Waals surface area contributed by atoms with Gasteiger partial charge in [0.25, 0.3) is 5.91 Å². The number of carbonyl (C=O) groups is 1. The van der Waals surface area contributed by atoms with E-state index in [0.29, 0.717) is 17.9 Å². The monoisotopic (exact) mass is 252 g/mol. The van der Waals surface area contributed by atoms with Crippen LogP contribution in [0.5, 0.6) is 5.88 Å². The Morgan fingerprint density at radius 3 is 2.89 bits per heavy atom. The Balaban J connectivity index is 2.55. The number of carbonyl (C=O) groups excluding carboxylic acids is 1. The summed E-state index contributed by atoms with van der Waals surface area (Å²) in [5.74, 6) is 0.390. The van der Waals surface area contributed by atoms with Crippen LogP contribution in [0.4, 0.5) is 0 Å². The van der Waals surface area contributed by atoms with E-state index in [4.69, 9.17) is 4.74 Å². The predicted octanol–water partition coefficient (Wildman–Crippen LogP) is 1.23. The number of aliphatic hydroxyl groups is 1. The van der Waals surface area contributed by atoms with Crippen molar-refractivity contribution < 1.29 is 14.6 Å². The molecule has 1 rings (SSSR count). The number of methoxy groups -OCH3 is 1. The van der Waals surface area contributed by atoms with Gasteiger partial charge in [0.2, 0.25) is 5.88 Å². The first kappa shape index (κ1) is 14.4. The molecule has 0 aliphatic rings. The van der Waals surface area contributed by atoms with Gasteiger partial charge >= 0.3 is 0 Å². The van der Waals surface area contributed by atoms with E-state index in [1.807, 2.05) is 13.8 Å². The maximum atomic E-state index is 11.9. The van der Waals surface area contributed by atoms with Crippen LogP contribution in [0.1, 0.15) is 30.6 Å². The van der Waals surface area contributed by atoms with E-state index in [2.05, 4.69) is 10.3 Å². The molecule has 5 heteroatoms. The highest BCUT2D eigenvalue weighted by Crippen LogP contribution is 2.13. The van der Waals surface area contributed by atoms with E-state index >= 15 is 0 Å². The molecule has 1 aromatic heterocycles. The highest BCUT2D eigenvalue weighted by atomic mass is 16.5. The molecule has 0 saturated heterocycles. The standard InChI is InChI=1S/C13H20N2O3/c1-9(2)7-10(16)8-15-12(17)11-5-4-6-14-13(11)18-3/h4-6,9-10,16H,7-8H2,1-3H3,(H,15,17). The highest BCUT2D eigenvalue weighted by Gasteiger charge is 2.14. The van der Waals surface area contributed by atoms with Gasteiger partial charge in [0.05, 0.1) is 13.2 Å². The molecule has 0 aliphatic heterocycles. The van der Waals surface area contributed by atoms with Crippen LogP contribution in [0, 0.1) is 5.92 Å². The maximum absolute atomic E-state index is 11.9. The molecule has 100 valence electrons. The number of pyridine rings is 1. The fourth-order valence-corrected chi connectivity index (χ4v) is 1.66. The summed E-state index contributed by atoms with van der Waals surface area (Å²) < 4.78 is 5.00. The van der Waals surface area contributed by atoms with Crippen LogP contribution >= 0.6 is 0 Å². The molecule has 18 heavy (non-hydrogen) atoms. The van der Waals surface area contributed by atoms with Gasteiger partial charge in [-0.1, -0.05) is 13.8 Å². The topological polar surface area (TPSA) is 71.5 Å². The molecule has 1 aromatic rings. The van der Waals surface area contributed by atoms with Crippen molar-refractivity contribution in [2.45, 2.75) is 26.4 Å². The summed E-state index contributed by atoms with van der Waals surface area (Å²) in [5.41, 5.74) is 0.372. The molecule has 1 atom stereocenters. The smallest absolute Gasteiger partial charge is 0.256 e. The van der Waals surface area contributed by atoms with Gasteiger partial charge in [0.15, 0.2) is 0 Å². The molecular formula is C13H20N2O3. The van der Waals surface area contributed by atoms with Crippen molar-refractivity contribution in [2.24, 2.45) is 5.92 Å². The summed E-state index contributed by atoms with van der Waals surface area (Å²) in [6.45, 7) is 4.28. The summed E-state index contributed by atoms with van der Waals surface area (Å²) >= 11 is 0. The molecule has 2 N–H and O–H groups in total. The molecule has 5 nitrogen and oxygen atoms in total. The molecule has 0 radical (unpaired) electrons. The van der Waals surface area contributed by atoms with Crippen LogP contribution in [0.3, 0.4) is 0 Å². The van der Waals surface area contributed by atoms with Crippen LogP contribution in [0.15, 0.2) is 18.3 Å². The first-order valence-electron chi connectivity index (χ1n) is 5.99. The van der Waals surface area contributed by atoms with Gasteiger partial charge < -0.3 is 15.2 Å². The van der Waals surface area contributed by atoms with Crippen molar-refractivity contribution in [1.82, 2.24) is 10.3 Å². The molecule has 0 aliphatic carbocycles. The zero-order chi connectivity index (χ0) is 13.5. The molecular weight excluding hydrogens is 232 g/mol. The zero-order valence-corrected chi connectivity index (χ0v) is 11.0. The van der Waals surface area contributed by atoms with E-state index < -0.39 is 6.10 Å². The van der Waals surface area contributed by atoms with E-state index in [0.717, 1.165) is 0 Å². The van der Waals surface area contributed by atoms with Crippen molar-refractivity contribution in [3.8, 4) is 5.88 Å². The lowest BCUT2D eigenvalue weighted by Gasteiger charge is -2.14. The number of aromatic nitrogens is 1.